The van der Waals surface area contributed by atoms with E-state index in [0.717, 1.165) is 10.9 Å². The molecule has 5 heteroatoms. The first-order valence-corrected chi connectivity index (χ1v) is 7.19. The molecule has 3 nitrogen and oxygen atoms in total. The van der Waals surface area contributed by atoms with Crippen molar-refractivity contribution < 1.29 is 9.90 Å². The molecular weight excluding hydrogens is 314 g/mol. The Morgan fingerprint density at radius 2 is 2.33 bits per heavy atom. The third-order valence-electron chi connectivity index (χ3n) is 3.38. The van der Waals surface area contributed by atoms with Crippen LogP contribution in [0.15, 0.2) is 27.6 Å². The highest BCUT2D eigenvalue weighted by Crippen LogP contribution is 2.25. The molecule has 2 unspecified atom stereocenters. The molecule has 18 heavy (non-hydrogen) atoms. The van der Waals surface area contributed by atoms with Crippen LogP contribution in [0.1, 0.15) is 23.7 Å². The molecule has 0 saturated carbocycles. The zero-order chi connectivity index (χ0) is 13.3. The van der Waals surface area contributed by atoms with E-state index in [4.69, 9.17) is 0 Å². The standard InChI is InChI=1S/C13H16BrNO2S/c1-8(16)9-4-5-15(7-9)13(17)11-3-2-10(14)6-12(11)18/h2-3,6,8-9,16,18H,4-5,7H2,1H3. The summed E-state index contributed by atoms with van der Waals surface area (Å²) in [5, 5.41) is 9.55. The van der Waals surface area contributed by atoms with Gasteiger partial charge in [-0.15, -0.1) is 12.6 Å². The highest BCUT2D eigenvalue weighted by atomic mass is 79.9. The van der Waals surface area contributed by atoms with E-state index in [1.807, 2.05) is 12.1 Å². The quantitative estimate of drug-likeness (QED) is 0.819. The van der Waals surface area contributed by atoms with Gasteiger partial charge in [-0.3, -0.25) is 4.79 Å². The van der Waals surface area contributed by atoms with Gasteiger partial charge in [0.25, 0.3) is 5.91 Å². The topological polar surface area (TPSA) is 40.5 Å². The molecule has 0 bridgehead atoms. The molecule has 1 aromatic carbocycles. The van der Waals surface area contributed by atoms with Gasteiger partial charge in [0.2, 0.25) is 0 Å². The molecule has 2 atom stereocenters. The van der Waals surface area contributed by atoms with E-state index in [1.165, 1.54) is 0 Å². The number of aliphatic hydroxyl groups is 1. The molecule has 0 spiro atoms. The first-order valence-electron chi connectivity index (χ1n) is 5.95. The number of likely N-dealkylation sites (tertiary alicyclic amines) is 1. The fraction of sp³-hybridized carbons (Fsp3) is 0.462. The number of carbonyl (C=O) groups is 1. The van der Waals surface area contributed by atoms with Gasteiger partial charge in [-0.25, -0.2) is 0 Å². The van der Waals surface area contributed by atoms with Crippen molar-refractivity contribution in [2.45, 2.75) is 24.3 Å². The van der Waals surface area contributed by atoms with Gasteiger partial charge in [0, 0.05) is 28.4 Å². The van der Waals surface area contributed by atoms with Crippen LogP contribution in [0.3, 0.4) is 0 Å². The zero-order valence-corrected chi connectivity index (χ0v) is 12.6. The van der Waals surface area contributed by atoms with Gasteiger partial charge in [0.05, 0.1) is 11.7 Å². The predicted molar refractivity (Wildman–Crippen MR) is 77.1 cm³/mol. The number of aliphatic hydroxyl groups excluding tert-OH is 1. The Labute approximate surface area is 121 Å². The maximum Gasteiger partial charge on any atom is 0.254 e. The number of halogens is 1. The molecule has 0 aromatic heterocycles. The van der Waals surface area contributed by atoms with Gasteiger partial charge in [-0.1, -0.05) is 15.9 Å². The normalized spacial score (nSPS) is 21.1. The number of thiol groups is 1. The molecule has 1 aliphatic rings. The molecule has 2 rings (SSSR count). The van der Waals surface area contributed by atoms with E-state index in [1.54, 1.807) is 17.9 Å². The third kappa shape index (κ3) is 2.90. The van der Waals surface area contributed by atoms with E-state index in [0.29, 0.717) is 23.5 Å². The van der Waals surface area contributed by atoms with Crippen LogP contribution < -0.4 is 0 Å². The predicted octanol–water partition coefficient (Wildman–Crippen LogP) is 2.58. The number of hydrogen-bond donors (Lipinski definition) is 2. The number of benzene rings is 1. The van der Waals surface area contributed by atoms with Crippen molar-refractivity contribution >= 4 is 34.5 Å². The molecule has 1 heterocycles. The lowest BCUT2D eigenvalue weighted by Crippen LogP contribution is -2.30. The molecule has 1 aromatic rings. The lowest BCUT2D eigenvalue weighted by Gasteiger charge is -2.18. The molecule has 98 valence electrons. The number of nitrogens with zero attached hydrogens (tertiary/aromatic N) is 1. The highest BCUT2D eigenvalue weighted by Gasteiger charge is 2.30. The van der Waals surface area contributed by atoms with Crippen molar-refractivity contribution in [2.24, 2.45) is 5.92 Å². The van der Waals surface area contributed by atoms with Crippen molar-refractivity contribution in [1.82, 2.24) is 4.90 Å². The summed E-state index contributed by atoms with van der Waals surface area (Å²) in [5.74, 6) is 0.184. The molecule has 1 aliphatic heterocycles. The second kappa shape index (κ2) is 5.63. The van der Waals surface area contributed by atoms with Gasteiger partial charge in [0.1, 0.15) is 0 Å². The Morgan fingerprint density at radius 1 is 1.61 bits per heavy atom. The van der Waals surface area contributed by atoms with Crippen molar-refractivity contribution in [3.8, 4) is 0 Å². The van der Waals surface area contributed by atoms with Gasteiger partial charge < -0.3 is 10.0 Å². The maximum atomic E-state index is 12.3. The molecule has 0 aliphatic carbocycles. The number of amides is 1. The second-order valence-corrected chi connectivity index (χ2v) is 6.10. The largest absolute Gasteiger partial charge is 0.393 e. The molecule has 1 N–H and O–H groups in total. The van der Waals surface area contributed by atoms with E-state index < -0.39 is 0 Å². The number of rotatable bonds is 2. The highest BCUT2D eigenvalue weighted by molar-refractivity contribution is 9.10. The number of carbonyl (C=O) groups excluding carboxylic acids is 1. The first-order chi connectivity index (χ1) is 8.49. The van der Waals surface area contributed by atoms with Crippen LogP contribution in [0.25, 0.3) is 0 Å². The minimum absolute atomic E-state index is 0.00403. The lowest BCUT2D eigenvalue weighted by molar-refractivity contribution is 0.0759. The average molecular weight is 330 g/mol. The summed E-state index contributed by atoms with van der Waals surface area (Å²) in [6.07, 6.45) is 0.505. The van der Waals surface area contributed by atoms with Crippen LogP contribution in [0, 0.1) is 5.92 Å². The van der Waals surface area contributed by atoms with Crippen LogP contribution in [0.4, 0.5) is 0 Å². The second-order valence-electron chi connectivity index (χ2n) is 4.70. The summed E-state index contributed by atoms with van der Waals surface area (Å²) in [4.78, 5) is 14.8. The maximum absolute atomic E-state index is 12.3. The van der Waals surface area contributed by atoms with Gasteiger partial charge >= 0.3 is 0 Å². The molecule has 0 radical (unpaired) electrons. The fourth-order valence-electron chi connectivity index (χ4n) is 2.22. The monoisotopic (exact) mass is 329 g/mol. The van der Waals surface area contributed by atoms with Crippen molar-refractivity contribution in [3.05, 3.63) is 28.2 Å². The average Bonchev–Trinajstić information content (AvgIpc) is 2.77. The molecule has 1 fully saturated rings. The first kappa shape index (κ1) is 13.9. The minimum Gasteiger partial charge on any atom is -0.393 e. The third-order valence-corrected chi connectivity index (χ3v) is 4.25. The fourth-order valence-corrected chi connectivity index (χ4v) is 3.07. The van der Waals surface area contributed by atoms with E-state index in [9.17, 15) is 9.90 Å². The molecule has 1 saturated heterocycles. The Balaban J connectivity index is 2.13. The number of hydrogen-bond acceptors (Lipinski definition) is 3. The Hall–Kier alpha value is -0.520. The van der Waals surface area contributed by atoms with Crippen molar-refractivity contribution in [2.75, 3.05) is 13.1 Å². The van der Waals surface area contributed by atoms with Crippen LogP contribution >= 0.6 is 28.6 Å². The summed E-state index contributed by atoms with van der Waals surface area (Å²) >= 11 is 7.69. The van der Waals surface area contributed by atoms with Gasteiger partial charge in [-0.05, 0) is 31.5 Å². The van der Waals surface area contributed by atoms with Crippen LogP contribution in [0.5, 0.6) is 0 Å². The van der Waals surface area contributed by atoms with E-state index in [-0.39, 0.29) is 17.9 Å². The van der Waals surface area contributed by atoms with Crippen LogP contribution in [-0.4, -0.2) is 35.1 Å². The summed E-state index contributed by atoms with van der Waals surface area (Å²) in [7, 11) is 0. The van der Waals surface area contributed by atoms with Crippen LogP contribution in [0.2, 0.25) is 0 Å². The Morgan fingerprint density at radius 3 is 2.89 bits per heavy atom. The zero-order valence-electron chi connectivity index (χ0n) is 10.1. The van der Waals surface area contributed by atoms with Gasteiger partial charge in [-0.2, -0.15) is 0 Å². The summed E-state index contributed by atoms with van der Waals surface area (Å²) in [6, 6.07) is 5.44. The van der Waals surface area contributed by atoms with E-state index >= 15 is 0 Å². The van der Waals surface area contributed by atoms with Gasteiger partial charge in [0.15, 0.2) is 0 Å². The summed E-state index contributed by atoms with van der Waals surface area (Å²) < 4.78 is 0.910. The lowest BCUT2D eigenvalue weighted by atomic mass is 10.0. The van der Waals surface area contributed by atoms with Crippen LogP contribution in [-0.2, 0) is 0 Å². The Kier molecular flexibility index (Phi) is 4.35. The molecular formula is C13H16BrNO2S. The van der Waals surface area contributed by atoms with Crippen molar-refractivity contribution in [1.29, 1.82) is 0 Å². The minimum atomic E-state index is -0.358. The van der Waals surface area contributed by atoms with E-state index in [2.05, 4.69) is 28.6 Å². The SMILES string of the molecule is CC(O)C1CCN(C(=O)c2ccc(Br)cc2S)C1. The Bertz CT molecular complexity index is 464. The summed E-state index contributed by atoms with van der Waals surface area (Å²) in [6.45, 7) is 3.11. The molecule has 1 amide bonds. The summed E-state index contributed by atoms with van der Waals surface area (Å²) in [5.41, 5.74) is 0.618. The smallest absolute Gasteiger partial charge is 0.254 e. The van der Waals surface area contributed by atoms with Crippen molar-refractivity contribution in [3.63, 3.8) is 0 Å².